The Morgan fingerprint density at radius 1 is 0.774 bits per heavy atom. The molecule has 53 heavy (non-hydrogen) atoms. The van der Waals surface area contributed by atoms with E-state index in [9.17, 15) is 14.4 Å². The SMILES string of the molecule is CC/C=C\C/C=C\C/C=C\C/C=C\C/C=C\C/C=C\CCC(=O)NCCSSC(C)C.O=C(CNC(=O)c1cc(-c2ccccc2)on1)NCCCO. The number of hydrogen-bond donors (Lipinski definition) is 4. The van der Waals surface area contributed by atoms with E-state index in [0.717, 1.165) is 62.8 Å². The number of carbonyl (C=O) groups excluding carboxylic acids is 3. The zero-order chi connectivity index (χ0) is 38.6. The summed E-state index contributed by atoms with van der Waals surface area (Å²) in [7, 11) is 3.68. The fourth-order valence-electron chi connectivity index (χ4n) is 4.10. The Balaban J connectivity index is 0.000000558. The third-order valence-electron chi connectivity index (χ3n) is 6.77. The summed E-state index contributed by atoms with van der Waals surface area (Å²) in [6.07, 6.45) is 34.2. The van der Waals surface area contributed by atoms with Crippen molar-refractivity contribution in [1.29, 1.82) is 0 Å². The second-order valence-electron chi connectivity index (χ2n) is 11.8. The van der Waals surface area contributed by atoms with Gasteiger partial charge in [0.25, 0.3) is 5.91 Å². The fourth-order valence-corrected chi connectivity index (χ4v) is 6.01. The standard InChI is InChI=1S/C27H43NOS2.C15H17N3O4/c1-4-5-6-7-8-9-10-11-12-13-14-15-16-17-18-19-20-21-22-23-27(29)28-24-25-30-31-26(2)3;19-8-4-7-16-14(20)10-17-15(21)12-9-13(22-18-12)11-5-2-1-3-6-11/h5-6,8-9,11-12,14-15,17-18,20-21,26H,4,7,10,13,16,19,22-25H2,1-3H3,(H,28,29);1-3,5-6,9,19H,4,7-8,10H2,(H,16,20)(H,17,21)/b6-5-,9-8-,12-11-,15-14-,18-17-,21-20-;. The third kappa shape index (κ3) is 28.2. The van der Waals surface area contributed by atoms with Gasteiger partial charge in [-0.05, 0) is 51.4 Å². The summed E-state index contributed by atoms with van der Waals surface area (Å²) in [5.41, 5.74) is 0.929. The summed E-state index contributed by atoms with van der Waals surface area (Å²) in [6.45, 7) is 7.50. The Morgan fingerprint density at radius 3 is 1.91 bits per heavy atom. The van der Waals surface area contributed by atoms with Crippen LogP contribution in [-0.4, -0.2) is 65.2 Å². The first kappa shape index (κ1) is 47.0. The normalized spacial score (nSPS) is 11.8. The van der Waals surface area contributed by atoms with Crippen LogP contribution in [0, 0.1) is 0 Å². The van der Waals surface area contributed by atoms with Gasteiger partial charge in [0.2, 0.25) is 11.8 Å². The van der Waals surface area contributed by atoms with Gasteiger partial charge in [0, 0.05) is 48.7 Å². The number of nitrogens with one attached hydrogen (secondary N) is 3. The molecule has 2 rings (SSSR count). The van der Waals surface area contributed by atoms with E-state index in [4.69, 9.17) is 9.63 Å². The smallest absolute Gasteiger partial charge is 0.273 e. The molecule has 2 aromatic rings. The monoisotopic (exact) mass is 764 g/mol. The molecule has 1 aromatic heterocycles. The highest BCUT2D eigenvalue weighted by Crippen LogP contribution is 2.25. The van der Waals surface area contributed by atoms with Crippen molar-refractivity contribution in [3.8, 4) is 11.3 Å². The first-order valence-electron chi connectivity index (χ1n) is 18.5. The summed E-state index contributed by atoms with van der Waals surface area (Å²) < 4.78 is 5.12. The summed E-state index contributed by atoms with van der Waals surface area (Å²) in [6, 6.07) is 10.8. The van der Waals surface area contributed by atoms with Crippen LogP contribution in [0.25, 0.3) is 11.3 Å². The maximum atomic E-state index is 11.9. The van der Waals surface area contributed by atoms with Crippen molar-refractivity contribution in [3.63, 3.8) is 0 Å². The molecule has 0 spiro atoms. The molecule has 0 aliphatic rings. The van der Waals surface area contributed by atoms with E-state index in [0.29, 0.717) is 30.4 Å². The van der Waals surface area contributed by atoms with E-state index in [1.807, 2.05) is 51.9 Å². The second kappa shape index (κ2) is 33.8. The lowest BCUT2D eigenvalue weighted by atomic mass is 10.1. The molecule has 11 heteroatoms. The molecule has 9 nitrogen and oxygen atoms in total. The van der Waals surface area contributed by atoms with Crippen LogP contribution in [0.15, 0.2) is 114 Å². The van der Waals surface area contributed by atoms with Crippen LogP contribution in [0.2, 0.25) is 0 Å². The van der Waals surface area contributed by atoms with E-state index in [2.05, 4.69) is 115 Å². The lowest BCUT2D eigenvalue weighted by Gasteiger charge is -2.05. The molecule has 0 atom stereocenters. The first-order valence-corrected chi connectivity index (χ1v) is 20.9. The number of nitrogens with zero attached hydrogens (tertiary/aromatic N) is 1. The molecule has 0 fully saturated rings. The molecule has 0 radical (unpaired) electrons. The Kier molecular flexibility index (Phi) is 29.9. The van der Waals surface area contributed by atoms with Gasteiger partial charge < -0.3 is 25.6 Å². The maximum absolute atomic E-state index is 11.9. The van der Waals surface area contributed by atoms with Gasteiger partial charge in [0.15, 0.2) is 11.5 Å². The molecular weight excluding hydrogens is 705 g/mol. The number of hydrogen-bond acceptors (Lipinski definition) is 8. The number of aliphatic hydroxyl groups is 1. The summed E-state index contributed by atoms with van der Waals surface area (Å²) >= 11 is 0. The highest BCUT2D eigenvalue weighted by molar-refractivity contribution is 8.76. The Labute approximate surface area is 325 Å². The Hall–Kier alpha value is -4.06. The fraction of sp³-hybridized carbons (Fsp3) is 0.429. The van der Waals surface area contributed by atoms with Crippen molar-refractivity contribution in [3.05, 3.63) is 115 Å². The van der Waals surface area contributed by atoms with E-state index in [1.54, 1.807) is 0 Å². The van der Waals surface area contributed by atoms with E-state index >= 15 is 0 Å². The molecule has 0 bridgehead atoms. The van der Waals surface area contributed by atoms with E-state index in [-0.39, 0.29) is 30.7 Å². The topological polar surface area (TPSA) is 134 Å². The lowest BCUT2D eigenvalue weighted by molar-refractivity contribution is -0.121. The minimum Gasteiger partial charge on any atom is -0.396 e. The second-order valence-corrected chi connectivity index (χ2v) is 14.9. The van der Waals surface area contributed by atoms with Crippen LogP contribution in [-0.2, 0) is 9.59 Å². The van der Waals surface area contributed by atoms with Crippen LogP contribution >= 0.6 is 21.6 Å². The van der Waals surface area contributed by atoms with E-state index in [1.165, 1.54) is 6.07 Å². The highest BCUT2D eigenvalue weighted by atomic mass is 33.1. The molecule has 0 saturated heterocycles. The summed E-state index contributed by atoms with van der Waals surface area (Å²) in [4.78, 5) is 35.0. The van der Waals surface area contributed by atoms with E-state index < -0.39 is 5.91 Å². The quantitative estimate of drug-likeness (QED) is 0.0424. The molecular formula is C42H60N4O5S2. The van der Waals surface area contributed by atoms with Gasteiger partial charge in [0.05, 0.1) is 6.54 Å². The number of benzene rings is 1. The zero-order valence-corrected chi connectivity index (χ0v) is 33.3. The molecule has 3 amide bonds. The number of carbonyl (C=O) groups is 3. The zero-order valence-electron chi connectivity index (χ0n) is 31.7. The minimum absolute atomic E-state index is 0.00778. The number of amides is 3. The maximum Gasteiger partial charge on any atom is 0.273 e. The molecule has 0 aliphatic heterocycles. The van der Waals surface area contributed by atoms with Gasteiger partial charge in [-0.2, -0.15) is 0 Å². The Morgan fingerprint density at radius 2 is 1.34 bits per heavy atom. The highest BCUT2D eigenvalue weighted by Gasteiger charge is 2.14. The van der Waals surface area contributed by atoms with Crippen molar-refractivity contribution in [2.45, 2.75) is 83.8 Å². The number of allylic oxidation sites excluding steroid dienone is 12. The van der Waals surface area contributed by atoms with Gasteiger partial charge in [-0.3, -0.25) is 14.4 Å². The number of aromatic nitrogens is 1. The van der Waals surface area contributed by atoms with Crippen LogP contribution in [0.5, 0.6) is 0 Å². The molecule has 1 heterocycles. The minimum atomic E-state index is -0.483. The van der Waals surface area contributed by atoms with Crippen molar-refractivity contribution in [1.82, 2.24) is 21.1 Å². The van der Waals surface area contributed by atoms with Crippen molar-refractivity contribution >= 4 is 39.3 Å². The van der Waals surface area contributed by atoms with Crippen molar-refractivity contribution < 1.29 is 24.0 Å². The van der Waals surface area contributed by atoms with Crippen LogP contribution in [0.4, 0.5) is 0 Å². The third-order valence-corrected chi connectivity index (χ3v) is 9.73. The largest absolute Gasteiger partial charge is 0.396 e. The number of aliphatic hydroxyl groups excluding tert-OH is 1. The lowest BCUT2D eigenvalue weighted by Crippen LogP contribution is -2.37. The molecule has 0 unspecified atom stereocenters. The average Bonchev–Trinajstić information content (AvgIpc) is 3.66. The predicted molar refractivity (Wildman–Crippen MR) is 225 cm³/mol. The first-order chi connectivity index (χ1) is 25.9. The van der Waals surface area contributed by atoms with Crippen LogP contribution in [0.3, 0.4) is 0 Å². The number of rotatable bonds is 26. The van der Waals surface area contributed by atoms with Gasteiger partial charge in [0.1, 0.15) is 0 Å². The average molecular weight is 765 g/mol. The molecule has 0 saturated carbocycles. The molecule has 1 aromatic carbocycles. The van der Waals surface area contributed by atoms with Crippen molar-refractivity contribution in [2.24, 2.45) is 0 Å². The summed E-state index contributed by atoms with van der Waals surface area (Å²) in [5.74, 6) is 0.791. The molecule has 0 aliphatic carbocycles. The van der Waals surface area contributed by atoms with Crippen molar-refractivity contribution in [2.75, 3.05) is 32.0 Å². The van der Waals surface area contributed by atoms with Gasteiger partial charge in [-0.15, -0.1) is 0 Å². The predicted octanol–water partition coefficient (Wildman–Crippen LogP) is 8.94. The van der Waals surface area contributed by atoms with Crippen LogP contribution in [0.1, 0.15) is 89.0 Å². The molecule has 4 N–H and O–H groups in total. The Bertz CT molecular complexity index is 1430. The molecule has 290 valence electrons. The van der Waals surface area contributed by atoms with Gasteiger partial charge in [-0.25, -0.2) is 0 Å². The summed E-state index contributed by atoms with van der Waals surface area (Å²) in [5, 5.41) is 20.9. The van der Waals surface area contributed by atoms with Gasteiger partial charge in [-0.1, -0.05) is 151 Å². The van der Waals surface area contributed by atoms with Gasteiger partial charge >= 0.3 is 0 Å². The van der Waals surface area contributed by atoms with Crippen LogP contribution < -0.4 is 16.0 Å².